The standard InChI is InChI=1S/C25H26F6N2O/c26-24(27,28)19-11-17(12-20(13-19)25(29,30)31)16-32-22(34)23(18-7-3-1-4-8-18)14-21(15-23)33-9-5-2-6-10-33/h1,3-4,7-8,11-13,21H,2,5-6,9-10,14-16H2,(H,32,34). The summed E-state index contributed by atoms with van der Waals surface area (Å²) in [7, 11) is 0. The Morgan fingerprint density at radius 3 is 1.97 bits per heavy atom. The summed E-state index contributed by atoms with van der Waals surface area (Å²) >= 11 is 0. The highest BCUT2D eigenvalue weighted by Gasteiger charge is 2.52. The Hall–Kier alpha value is -2.55. The molecule has 1 N–H and O–H groups in total. The molecule has 1 heterocycles. The van der Waals surface area contributed by atoms with E-state index in [4.69, 9.17) is 0 Å². The van der Waals surface area contributed by atoms with Crippen LogP contribution in [0.15, 0.2) is 48.5 Å². The second-order valence-electron chi connectivity index (χ2n) is 9.20. The summed E-state index contributed by atoms with van der Waals surface area (Å²) in [6.07, 6.45) is -5.32. The minimum atomic E-state index is -4.93. The first-order chi connectivity index (χ1) is 16.0. The predicted molar refractivity (Wildman–Crippen MR) is 115 cm³/mol. The molecule has 0 aromatic heterocycles. The molecule has 1 amide bonds. The van der Waals surface area contributed by atoms with Crippen LogP contribution in [-0.2, 0) is 29.1 Å². The van der Waals surface area contributed by atoms with Gasteiger partial charge in [-0.3, -0.25) is 4.79 Å². The fourth-order valence-electron chi connectivity index (χ4n) is 5.07. The van der Waals surface area contributed by atoms with E-state index in [1.165, 1.54) is 6.42 Å². The van der Waals surface area contributed by atoms with Gasteiger partial charge in [-0.1, -0.05) is 36.8 Å². The zero-order valence-electron chi connectivity index (χ0n) is 18.5. The summed E-state index contributed by atoms with van der Waals surface area (Å²) in [6, 6.07) is 10.8. The molecule has 0 bridgehead atoms. The molecule has 2 aromatic rings. The third-order valence-corrected chi connectivity index (χ3v) is 6.94. The van der Waals surface area contributed by atoms with E-state index in [1.54, 1.807) is 0 Å². The molecule has 1 aliphatic carbocycles. The molecule has 0 radical (unpaired) electrons. The summed E-state index contributed by atoms with van der Waals surface area (Å²) in [5.74, 6) is -0.377. The van der Waals surface area contributed by atoms with Crippen LogP contribution in [0.5, 0.6) is 0 Å². The van der Waals surface area contributed by atoms with E-state index in [2.05, 4.69) is 10.2 Å². The molecule has 9 heteroatoms. The van der Waals surface area contributed by atoms with Crippen LogP contribution in [0.2, 0.25) is 0 Å². The molecule has 2 aromatic carbocycles. The zero-order valence-corrected chi connectivity index (χ0v) is 18.5. The SMILES string of the molecule is O=C(NCc1cc(C(F)(F)F)cc(C(F)(F)F)c1)C1(c2ccccc2)CC(N2CCCCC2)C1. The number of carbonyl (C=O) groups excluding carboxylic acids is 1. The normalized spacial score (nSPS) is 23.9. The quantitative estimate of drug-likeness (QED) is 0.534. The summed E-state index contributed by atoms with van der Waals surface area (Å²) in [5.41, 5.74) is -3.07. The molecule has 0 unspecified atom stereocenters. The van der Waals surface area contributed by atoms with Gasteiger partial charge in [0.05, 0.1) is 16.5 Å². The Labute approximate surface area is 194 Å². The molecule has 1 saturated carbocycles. The van der Waals surface area contributed by atoms with Crippen LogP contribution >= 0.6 is 0 Å². The van der Waals surface area contributed by atoms with Gasteiger partial charge in [-0.2, -0.15) is 26.3 Å². The first-order valence-corrected chi connectivity index (χ1v) is 11.4. The van der Waals surface area contributed by atoms with Crippen LogP contribution in [0, 0.1) is 0 Å². The van der Waals surface area contributed by atoms with E-state index < -0.39 is 35.4 Å². The lowest BCUT2D eigenvalue weighted by atomic mass is 9.60. The van der Waals surface area contributed by atoms with Crippen molar-refractivity contribution in [1.82, 2.24) is 10.2 Å². The Morgan fingerprint density at radius 2 is 1.44 bits per heavy atom. The van der Waals surface area contributed by atoms with Crippen LogP contribution < -0.4 is 5.32 Å². The number of piperidine rings is 1. The topological polar surface area (TPSA) is 32.3 Å². The van der Waals surface area contributed by atoms with Gasteiger partial charge in [-0.25, -0.2) is 0 Å². The Kier molecular flexibility index (Phi) is 6.68. The average Bonchev–Trinajstić information content (AvgIpc) is 2.77. The van der Waals surface area contributed by atoms with Gasteiger partial charge in [0.25, 0.3) is 0 Å². The van der Waals surface area contributed by atoms with E-state index in [9.17, 15) is 31.1 Å². The van der Waals surface area contributed by atoms with E-state index in [0.29, 0.717) is 25.0 Å². The lowest BCUT2D eigenvalue weighted by Gasteiger charge is -2.51. The van der Waals surface area contributed by atoms with Crippen molar-refractivity contribution in [2.75, 3.05) is 13.1 Å². The number of halogens is 6. The van der Waals surface area contributed by atoms with E-state index >= 15 is 0 Å². The molecule has 2 aliphatic rings. The molecule has 184 valence electrons. The van der Waals surface area contributed by atoms with E-state index in [0.717, 1.165) is 31.5 Å². The molecular formula is C25H26F6N2O. The number of amides is 1. The summed E-state index contributed by atoms with van der Waals surface area (Å²) in [4.78, 5) is 15.7. The van der Waals surface area contributed by atoms with Crippen molar-refractivity contribution >= 4 is 5.91 Å². The second-order valence-corrected chi connectivity index (χ2v) is 9.20. The number of carbonyl (C=O) groups is 1. The Morgan fingerprint density at radius 1 is 0.882 bits per heavy atom. The number of nitrogens with one attached hydrogen (secondary N) is 1. The van der Waals surface area contributed by atoms with Crippen LogP contribution in [0.3, 0.4) is 0 Å². The third-order valence-electron chi connectivity index (χ3n) is 6.94. The molecule has 4 rings (SSSR count). The van der Waals surface area contributed by atoms with Crippen molar-refractivity contribution < 1.29 is 31.1 Å². The fourth-order valence-corrected chi connectivity index (χ4v) is 5.07. The second kappa shape index (κ2) is 9.24. The fraction of sp³-hybridized carbons (Fsp3) is 0.480. The molecule has 3 nitrogen and oxygen atoms in total. The maximum Gasteiger partial charge on any atom is 0.416 e. The van der Waals surface area contributed by atoms with Crippen LogP contribution in [-0.4, -0.2) is 29.9 Å². The number of likely N-dealkylation sites (tertiary alicyclic amines) is 1. The largest absolute Gasteiger partial charge is 0.416 e. The van der Waals surface area contributed by atoms with Crippen molar-refractivity contribution in [3.8, 4) is 0 Å². The third kappa shape index (κ3) is 5.09. The molecule has 1 saturated heterocycles. The molecule has 0 atom stereocenters. The van der Waals surface area contributed by atoms with Crippen LogP contribution in [0.1, 0.15) is 54.4 Å². The monoisotopic (exact) mass is 484 g/mol. The van der Waals surface area contributed by atoms with Gasteiger partial charge in [0.2, 0.25) is 5.91 Å². The molecule has 34 heavy (non-hydrogen) atoms. The molecular weight excluding hydrogens is 458 g/mol. The van der Waals surface area contributed by atoms with Crippen molar-refractivity contribution in [3.05, 3.63) is 70.8 Å². The molecule has 2 fully saturated rings. The zero-order chi connectivity index (χ0) is 24.6. The van der Waals surface area contributed by atoms with Crippen molar-refractivity contribution in [2.45, 2.75) is 62.5 Å². The molecule has 0 spiro atoms. The maximum absolute atomic E-state index is 13.3. The van der Waals surface area contributed by atoms with Crippen molar-refractivity contribution in [3.63, 3.8) is 0 Å². The highest BCUT2D eigenvalue weighted by Crippen LogP contribution is 2.47. The predicted octanol–water partition coefficient (Wildman–Crippen LogP) is 5.93. The van der Waals surface area contributed by atoms with Gasteiger partial charge in [0.15, 0.2) is 0 Å². The van der Waals surface area contributed by atoms with Crippen molar-refractivity contribution in [2.24, 2.45) is 0 Å². The number of hydrogen-bond acceptors (Lipinski definition) is 2. The van der Waals surface area contributed by atoms with Gasteiger partial charge in [-0.05, 0) is 68.1 Å². The van der Waals surface area contributed by atoms with Crippen molar-refractivity contribution in [1.29, 1.82) is 0 Å². The Bertz CT molecular complexity index is 974. The Balaban J connectivity index is 1.54. The van der Waals surface area contributed by atoms with Crippen LogP contribution in [0.25, 0.3) is 0 Å². The van der Waals surface area contributed by atoms with Gasteiger partial charge in [0.1, 0.15) is 0 Å². The van der Waals surface area contributed by atoms with Gasteiger partial charge >= 0.3 is 12.4 Å². The summed E-state index contributed by atoms with van der Waals surface area (Å²) < 4.78 is 79.0. The highest BCUT2D eigenvalue weighted by molar-refractivity contribution is 5.89. The number of benzene rings is 2. The number of nitrogens with zero attached hydrogens (tertiary/aromatic N) is 1. The molecule has 1 aliphatic heterocycles. The van der Waals surface area contributed by atoms with Gasteiger partial charge in [-0.15, -0.1) is 0 Å². The first kappa shape index (κ1) is 24.6. The summed E-state index contributed by atoms with van der Waals surface area (Å²) in [5, 5.41) is 2.63. The average molecular weight is 484 g/mol. The minimum absolute atomic E-state index is 0.0892. The summed E-state index contributed by atoms with van der Waals surface area (Å²) in [6.45, 7) is 1.53. The van der Waals surface area contributed by atoms with E-state index in [-0.39, 0.29) is 23.6 Å². The number of alkyl halides is 6. The highest BCUT2D eigenvalue weighted by atomic mass is 19.4. The first-order valence-electron chi connectivity index (χ1n) is 11.4. The van der Waals surface area contributed by atoms with Gasteiger partial charge < -0.3 is 10.2 Å². The minimum Gasteiger partial charge on any atom is -0.351 e. The van der Waals surface area contributed by atoms with Crippen LogP contribution in [0.4, 0.5) is 26.3 Å². The van der Waals surface area contributed by atoms with E-state index in [1.807, 2.05) is 30.3 Å². The smallest absolute Gasteiger partial charge is 0.351 e. The number of hydrogen-bond donors (Lipinski definition) is 1. The number of rotatable bonds is 5. The van der Waals surface area contributed by atoms with Gasteiger partial charge in [0, 0.05) is 12.6 Å². The lowest BCUT2D eigenvalue weighted by Crippen LogP contribution is -2.60. The maximum atomic E-state index is 13.3. The lowest BCUT2D eigenvalue weighted by molar-refractivity contribution is -0.143.